The van der Waals surface area contributed by atoms with Crippen molar-refractivity contribution in [1.82, 2.24) is 20.0 Å². The van der Waals surface area contributed by atoms with Crippen molar-refractivity contribution in [1.29, 1.82) is 0 Å². The van der Waals surface area contributed by atoms with Gasteiger partial charge in [0.1, 0.15) is 5.76 Å². The fraction of sp³-hybridized carbons (Fsp3) is 0.393. The molecule has 7 nitrogen and oxygen atoms in total. The third kappa shape index (κ3) is 3.79. The van der Waals surface area contributed by atoms with E-state index < -0.39 is 0 Å². The molecule has 2 aliphatic heterocycles. The lowest BCUT2D eigenvalue weighted by Gasteiger charge is -2.17. The normalized spacial score (nSPS) is 16.1. The molecule has 1 N–H and O–H groups in total. The molecule has 4 heterocycles. The molecule has 7 heteroatoms. The van der Waals surface area contributed by atoms with Crippen molar-refractivity contribution < 1.29 is 9.32 Å². The van der Waals surface area contributed by atoms with E-state index in [1.165, 1.54) is 12.8 Å². The molecule has 2 aromatic heterocycles. The van der Waals surface area contributed by atoms with Crippen molar-refractivity contribution in [2.45, 2.75) is 46.5 Å². The number of aromatic nitrogens is 3. The number of H-pyrrole nitrogens is 1. The number of aryl methyl sites for hydroxylation is 3. The molecule has 4 aromatic rings. The van der Waals surface area contributed by atoms with Crippen LogP contribution in [0.15, 0.2) is 34.9 Å². The fourth-order valence-electron chi connectivity index (χ4n) is 5.58. The predicted octanol–water partition coefficient (Wildman–Crippen LogP) is 5.65. The summed E-state index contributed by atoms with van der Waals surface area (Å²) in [6.45, 7) is 9.73. The first-order valence-corrected chi connectivity index (χ1v) is 12.6. The maximum Gasteiger partial charge on any atom is 0.253 e. The topological polar surface area (TPSA) is 78.3 Å². The molecule has 6 rings (SSSR count). The number of carbonyl (C=O) groups is 1. The van der Waals surface area contributed by atoms with Crippen LogP contribution in [0.3, 0.4) is 0 Å². The Morgan fingerprint density at radius 3 is 2.40 bits per heavy atom. The summed E-state index contributed by atoms with van der Waals surface area (Å²) in [5.74, 6) is 1.82. The first kappa shape index (κ1) is 21.9. The van der Waals surface area contributed by atoms with Crippen LogP contribution in [-0.4, -0.2) is 52.1 Å². The van der Waals surface area contributed by atoms with Gasteiger partial charge in [0.05, 0.1) is 16.7 Å². The summed E-state index contributed by atoms with van der Waals surface area (Å²) in [4.78, 5) is 26.1. The van der Waals surface area contributed by atoms with Crippen LogP contribution in [0, 0.1) is 20.8 Å². The second-order valence-electron chi connectivity index (χ2n) is 9.90. The summed E-state index contributed by atoms with van der Waals surface area (Å²) in [5.41, 5.74) is 8.72. The molecule has 0 atom stereocenters. The zero-order chi connectivity index (χ0) is 24.1. The number of anilines is 1. The number of imidazole rings is 1. The Bertz CT molecular complexity index is 1400. The summed E-state index contributed by atoms with van der Waals surface area (Å²) >= 11 is 0. The molecule has 0 saturated carbocycles. The zero-order valence-corrected chi connectivity index (χ0v) is 20.6. The number of benzene rings is 2. The van der Waals surface area contributed by atoms with Gasteiger partial charge in [-0.3, -0.25) is 4.79 Å². The van der Waals surface area contributed by atoms with Crippen LogP contribution in [0.1, 0.15) is 53.1 Å². The third-order valence-corrected chi connectivity index (χ3v) is 7.47. The van der Waals surface area contributed by atoms with E-state index in [1.807, 2.05) is 30.9 Å². The highest BCUT2D eigenvalue weighted by molar-refractivity contribution is 6.01. The maximum atomic E-state index is 13.2. The van der Waals surface area contributed by atoms with Crippen molar-refractivity contribution >= 4 is 22.9 Å². The van der Waals surface area contributed by atoms with Crippen LogP contribution in [0.5, 0.6) is 0 Å². The Morgan fingerprint density at radius 1 is 0.943 bits per heavy atom. The number of nitrogens with zero attached hydrogens (tertiary/aromatic N) is 4. The number of hydrogen-bond donors (Lipinski definition) is 1. The van der Waals surface area contributed by atoms with Crippen molar-refractivity contribution in [2.24, 2.45) is 0 Å². The average Bonchev–Trinajstić information content (AvgIpc) is 3.65. The summed E-state index contributed by atoms with van der Waals surface area (Å²) < 4.78 is 5.49. The van der Waals surface area contributed by atoms with Crippen LogP contribution in [0.25, 0.3) is 33.3 Å². The monoisotopic (exact) mass is 469 g/mol. The van der Waals surface area contributed by atoms with Crippen LogP contribution in [-0.2, 0) is 0 Å². The van der Waals surface area contributed by atoms with Gasteiger partial charge in [0, 0.05) is 42.9 Å². The Hall–Kier alpha value is -3.61. The Labute approximate surface area is 205 Å². The number of likely N-dealkylation sites (tertiary alicyclic amines) is 1. The SMILES string of the molecule is Cc1ccc(C(=O)N2CCCC2)cc1-c1cc(-c2c(C)noc2C)cc2[nH]c(N3CCCC3)nc12. The van der Waals surface area contributed by atoms with E-state index >= 15 is 0 Å². The Kier molecular flexibility index (Phi) is 5.35. The largest absolute Gasteiger partial charge is 0.361 e. The van der Waals surface area contributed by atoms with Crippen molar-refractivity contribution in [2.75, 3.05) is 31.1 Å². The molecular weight excluding hydrogens is 438 g/mol. The van der Waals surface area contributed by atoms with Gasteiger partial charge in [-0.1, -0.05) is 11.2 Å². The molecule has 2 fully saturated rings. The van der Waals surface area contributed by atoms with E-state index in [-0.39, 0.29) is 5.91 Å². The minimum Gasteiger partial charge on any atom is -0.361 e. The second-order valence-corrected chi connectivity index (χ2v) is 9.90. The van der Waals surface area contributed by atoms with Crippen molar-refractivity contribution in [3.8, 4) is 22.3 Å². The van der Waals surface area contributed by atoms with Gasteiger partial charge in [-0.2, -0.15) is 0 Å². The molecule has 2 aliphatic rings. The van der Waals surface area contributed by atoms with Gasteiger partial charge in [-0.15, -0.1) is 0 Å². The Morgan fingerprint density at radius 2 is 1.69 bits per heavy atom. The number of amides is 1. The zero-order valence-electron chi connectivity index (χ0n) is 20.6. The van der Waals surface area contributed by atoms with E-state index in [2.05, 4.69) is 40.2 Å². The lowest BCUT2D eigenvalue weighted by molar-refractivity contribution is 0.0793. The smallest absolute Gasteiger partial charge is 0.253 e. The molecule has 35 heavy (non-hydrogen) atoms. The Balaban J connectivity index is 1.54. The highest BCUT2D eigenvalue weighted by Crippen LogP contribution is 2.38. The van der Waals surface area contributed by atoms with E-state index in [0.717, 1.165) is 101 Å². The van der Waals surface area contributed by atoms with E-state index in [4.69, 9.17) is 9.51 Å². The summed E-state index contributed by atoms with van der Waals surface area (Å²) in [6, 6.07) is 10.4. The molecule has 180 valence electrons. The van der Waals surface area contributed by atoms with Gasteiger partial charge in [0.15, 0.2) is 0 Å². The predicted molar refractivity (Wildman–Crippen MR) is 138 cm³/mol. The van der Waals surface area contributed by atoms with Crippen molar-refractivity contribution in [3.05, 3.63) is 52.9 Å². The minimum absolute atomic E-state index is 0.113. The van der Waals surface area contributed by atoms with Crippen LogP contribution >= 0.6 is 0 Å². The number of carbonyl (C=O) groups excluding carboxylic acids is 1. The van der Waals surface area contributed by atoms with E-state index in [0.29, 0.717) is 0 Å². The van der Waals surface area contributed by atoms with Gasteiger partial charge in [-0.25, -0.2) is 4.98 Å². The van der Waals surface area contributed by atoms with Crippen LogP contribution in [0.4, 0.5) is 5.95 Å². The van der Waals surface area contributed by atoms with E-state index in [9.17, 15) is 4.79 Å². The number of hydrogen-bond acceptors (Lipinski definition) is 5. The minimum atomic E-state index is 0.113. The molecule has 0 aliphatic carbocycles. The molecular formula is C28H31N5O2. The second kappa shape index (κ2) is 8.56. The molecule has 0 radical (unpaired) electrons. The first-order chi connectivity index (χ1) is 17.0. The van der Waals surface area contributed by atoms with Gasteiger partial charge in [0.25, 0.3) is 5.91 Å². The quantitative estimate of drug-likeness (QED) is 0.418. The third-order valence-electron chi connectivity index (χ3n) is 7.47. The maximum absolute atomic E-state index is 13.2. The lowest BCUT2D eigenvalue weighted by atomic mass is 9.93. The van der Waals surface area contributed by atoms with Crippen LogP contribution in [0.2, 0.25) is 0 Å². The van der Waals surface area contributed by atoms with Crippen LogP contribution < -0.4 is 4.90 Å². The van der Waals surface area contributed by atoms with Gasteiger partial charge in [0.2, 0.25) is 5.95 Å². The molecule has 1 amide bonds. The summed E-state index contributed by atoms with van der Waals surface area (Å²) in [6.07, 6.45) is 4.54. The lowest BCUT2D eigenvalue weighted by Crippen LogP contribution is -2.27. The number of nitrogens with one attached hydrogen (secondary N) is 1. The molecule has 2 aromatic carbocycles. The number of fused-ring (bicyclic) bond motifs is 1. The fourth-order valence-corrected chi connectivity index (χ4v) is 5.58. The molecule has 0 unspecified atom stereocenters. The number of rotatable bonds is 4. The molecule has 2 saturated heterocycles. The first-order valence-electron chi connectivity index (χ1n) is 12.6. The van der Waals surface area contributed by atoms with Gasteiger partial charge >= 0.3 is 0 Å². The summed E-state index contributed by atoms with van der Waals surface area (Å²) in [5, 5.41) is 4.18. The van der Waals surface area contributed by atoms with E-state index in [1.54, 1.807) is 0 Å². The number of aromatic amines is 1. The molecule has 0 bridgehead atoms. The standard InChI is InChI=1S/C28H31N5O2/c1-17-8-9-20(27(34)32-10-4-5-11-32)14-22(17)23-15-21(25-18(2)31-35-19(25)3)16-24-26(23)30-28(29-24)33-12-6-7-13-33/h8-9,14-16H,4-7,10-13H2,1-3H3,(H,29,30). The van der Waals surface area contributed by atoms with Gasteiger partial charge < -0.3 is 19.3 Å². The highest BCUT2D eigenvalue weighted by Gasteiger charge is 2.23. The average molecular weight is 470 g/mol. The highest BCUT2D eigenvalue weighted by atomic mass is 16.5. The van der Waals surface area contributed by atoms with Gasteiger partial charge in [-0.05, 0) is 87.4 Å². The van der Waals surface area contributed by atoms with Crippen molar-refractivity contribution in [3.63, 3.8) is 0 Å². The summed E-state index contributed by atoms with van der Waals surface area (Å²) in [7, 11) is 0. The molecule has 0 spiro atoms.